The fourth-order valence-electron chi connectivity index (χ4n) is 1.91. The average molecular weight is 209 g/mol. The van der Waals surface area contributed by atoms with Crippen molar-refractivity contribution < 1.29 is 0 Å². The molecule has 0 aliphatic heterocycles. The van der Waals surface area contributed by atoms with Crippen molar-refractivity contribution in [1.82, 2.24) is 4.98 Å². The molecular formula is C13H11N3. The molecule has 3 aromatic rings. The van der Waals surface area contributed by atoms with Gasteiger partial charge in [0.2, 0.25) is 0 Å². The summed E-state index contributed by atoms with van der Waals surface area (Å²) in [5.74, 6) is 0. The van der Waals surface area contributed by atoms with Gasteiger partial charge in [0.25, 0.3) is 0 Å². The lowest BCUT2D eigenvalue weighted by molar-refractivity contribution is 1.42. The minimum atomic E-state index is 0.530. The van der Waals surface area contributed by atoms with Crippen LogP contribution in [0.2, 0.25) is 0 Å². The standard InChI is InChI=1S/C13H11N3/c14-11-7-16-12-6-9-4-2-1-3-8(9)5-10(12)13(11)15/h1-7H,14H2,(H2,15,16). The summed E-state index contributed by atoms with van der Waals surface area (Å²) in [6, 6.07) is 12.2. The maximum atomic E-state index is 5.94. The van der Waals surface area contributed by atoms with Crippen molar-refractivity contribution in [3.05, 3.63) is 42.6 Å². The van der Waals surface area contributed by atoms with E-state index in [2.05, 4.69) is 17.1 Å². The van der Waals surface area contributed by atoms with Crippen LogP contribution in [0, 0.1) is 0 Å². The van der Waals surface area contributed by atoms with Crippen molar-refractivity contribution in [3.63, 3.8) is 0 Å². The Morgan fingerprint density at radius 3 is 2.38 bits per heavy atom. The van der Waals surface area contributed by atoms with E-state index in [0.29, 0.717) is 11.4 Å². The van der Waals surface area contributed by atoms with Crippen molar-refractivity contribution in [2.75, 3.05) is 11.5 Å². The number of fused-ring (bicyclic) bond motifs is 2. The van der Waals surface area contributed by atoms with Crippen LogP contribution in [0.15, 0.2) is 42.6 Å². The van der Waals surface area contributed by atoms with E-state index >= 15 is 0 Å². The lowest BCUT2D eigenvalue weighted by Gasteiger charge is -2.06. The first-order valence-corrected chi connectivity index (χ1v) is 5.08. The molecule has 78 valence electrons. The molecule has 1 aromatic heterocycles. The number of benzene rings is 2. The second kappa shape index (κ2) is 3.10. The normalized spacial score (nSPS) is 11.0. The maximum absolute atomic E-state index is 5.94. The summed E-state index contributed by atoms with van der Waals surface area (Å²) in [7, 11) is 0. The highest BCUT2D eigenvalue weighted by molar-refractivity contribution is 6.03. The lowest BCUT2D eigenvalue weighted by Crippen LogP contribution is -1.96. The van der Waals surface area contributed by atoms with Crippen LogP contribution in [0.1, 0.15) is 0 Å². The highest BCUT2D eigenvalue weighted by Crippen LogP contribution is 2.28. The number of hydrogen-bond donors (Lipinski definition) is 2. The molecule has 4 N–H and O–H groups in total. The molecule has 0 atom stereocenters. The Hall–Kier alpha value is -2.29. The van der Waals surface area contributed by atoms with E-state index in [0.717, 1.165) is 21.7 Å². The van der Waals surface area contributed by atoms with Crippen LogP contribution < -0.4 is 11.5 Å². The molecule has 3 rings (SSSR count). The fraction of sp³-hybridized carbons (Fsp3) is 0. The van der Waals surface area contributed by atoms with Crippen LogP contribution >= 0.6 is 0 Å². The van der Waals surface area contributed by atoms with Gasteiger partial charge in [0.1, 0.15) is 0 Å². The molecule has 0 bridgehead atoms. The van der Waals surface area contributed by atoms with E-state index in [9.17, 15) is 0 Å². The summed E-state index contributed by atoms with van der Waals surface area (Å²) in [5, 5.41) is 3.22. The molecule has 0 aliphatic carbocycles. The summed E-state index contributed by atoms with van der Waals surface area (Å²) in [6.45, 7) is 0. The molecule has 16 heavy (non-hydrogen) atoms. The van der Waals surface area contributed by atoms with Crippen molar-refractivity contribution >= 4 is 33.1 Å². The van der Waals surface area contributed by atoms with Crippen molar-refractivity contribution in [2.24, 2.45) is 0 Å². The summed E-state index contributed by atoms with van der Waals surface area (Å²) >= 11 is 0. The molecule has 0 spiro atoms. The van der Waals surface area contributed by atoms with Gasteiger partial charge in [-0.15, -0.1) is 0 Å². The number of hydrogen-bond acceptors (Lipinski definition) is 3. The summed E-state index contributed by atoms with van der Waals surface area (Å²) in [6.07, 6.45) is 1.60. The Kier molecular flexibility index (Phi) is 1.74. The zero-order valence-electron chi connectivity index (χ0n) is 8.64. The van der Waals surface area contributed by atoms with E-state index in [1.165, 1.54) is 0 Å². The Morgan fingerprint density at radius 1 is 0.938 bits per heavy atom. The van der Waals surface area contributed by atoms with Crippen LogP contribution in [0.3, 0.4) is 0 Å². The van der Waals surface area contributed by atoms with Gasteiger partial charge in [0.05, 0.1) is 23.1 Å². The Bertz CT molecular complexity index is 689. The largest absolute Gasteiger partial charge is 0.396 e. The van der Waals surface area contributed by atoms with E-state index in [1.54, 1.807) is 6.20 Å². The smallest absolute Gasteiger partial charge is 0.0740 e. The van der Waals surface area contributed by atoms with Crippen LogP contribution in [-0.4, -0.2) is 4.98 Å². The van der Waals surface area contributed by atoms with Gasteiger partial charge in [0.15, 0.2) is 0 Å². The second-order valence-electron chi connectivity index (χ2n) is 3.84. The number of nitrogens with zero attached hydrogens (tertiary/aromatic N) is 1. The number of aromatic nitrogens is 1. The third-order valence-electron chi connectivity index (χ3n) is 2.81. The van der Waals surface area contributed by atoms with Crippen molar-refractivity contribution in [1.29, 1.82) is 0 Å². The van der Waals surface area contributed by atoms with Gasteiger partial charge in [-0.25, -0.2) is 0 Å². The van der Waals surface area contributed by atoms with E-state index in [-0.39, 0.29) is 0 Å². The van der Waals surface area contributed by atoms with Gasteiger partial charge in [-0.2, -0.15) is 0 Å². The average Bonchev–Trinajstić information content (AvgIpc) is 2.32. The predicted molar refractivity (Wildman–Crippen MR) is 68.1 cm³/mol. The molecule has 0 saturated carbocycles. The minimum Gasteiger partial charge on any atom is -0.396 e. The Labute approximate surface area is 92.7 Å². The zero-order chi connectivity index (χ0) is 11.1. The molecule has 0 amide bonds. The number of anilines is 2. The van der Waals surface area contributed by atoms with Crippen LogP contribution in [0.4, 0.5) is 11.4 Å². The summed E-state index contributed by atoms with van der Waals surface area (Å²) in [4.78, 5) is 4.29. The summed E-state index contributed by atoms with van der Waals surface area (Å²) in [5.41, 5.74) is 13.7. The first-order chi connectivity index (χ1) is 7.75. The van der Waals surface area contributed by atoms with Crippen molar-refractivity contribution in [2.45, 2.75) is 0 Å². The van der Waals surface area contributed by atoms with Gasteiger partial charge in [-0.05, 0) is 22.9 Å². The molecule has 1 heterocycles. The topological polar surface area (TPSA) is 64.9 Å². The number of nitrogen functional groups attached to an aromatic ring is 2. The van der Waals surface area contributed by atoms with Crippen LogP contribution in [-0.2, 0) is 0 Å². The quantitative estimate of drug-likeness (QED) is 0.559. The van der Waals surface area contributed by atoms with E-state index in [4.69, 9.17) is 11.5 Å². The number of rotatable bonds is 0. The molecular weight excluding hydrogens is 198 g/mol. The second-order valence-corrected chi connectivity index (χ2v) is 3.84. The monoisotopic (exact) mass is 209 g/mol. The van der Waals surface area contributed by atoms with Gasteiger partial charge in [0, 0.05) is 5.39 Å². The van der Waals surface area contributed by atoms with Gasteiger partial charge in [-0.1, -0.05) is 24.3 Å². The first kappa shape index (κ1) is 8.97. The SMILES string of the molecule is Nc1cnc2cc3ccccc3cc2c1N. The number of nitrogens with two attached hydrogens (primary N) is 2. The molecule has 0 fully saturated rings. The zero-order valence-corrected chi connectivity index (χ0v) is 8.64. The molecule has 0 saturated heterocycles. The van der Waals surface area contributed by atoms with Gasteiger partial charge < -0.3 is 11.5 Å². The minimum absolute atomic E-state index is 0.530. The predicted octanol–water partition coefficient (Wildman–Crippen LogP) is 2.55. The highest BCUT2D eigenvalue weighted by atomic mass is 14.8. The molecule has 0 unspecified atom stereocenters. The molecule has 2 aromatic carbocycles. The van der Waals surface area contributed by atoms with Gasteiger partial charge in [-0.3, -0.25) is 4.98 Å². The van der Waals surface area contributed by atoms with E-state index in [1.807, 2.05) is 24.3 Å². The molecule has 3 heteroatoms. The van der Waals surface area contributed by atoms with Crippen LogP contribution in [0.5, 0.6) is 0 Å². The third-order valence-corrected chi connectivity index (χ3v) is 2.81. The fourth-order valence-corrected chi connectivity index (χ4v) is 1.91. The third kappa shape index (κ3) is 1.18. The van der Waals surface area contributed by atoms with Crippen molar-refractivity contribution in [3.8, 4) is 0 Å². The van der Waals surface area contributed by atoms with Crippen LogP contribution in [0.25, 0.3) is 21.7 Å². The molecule has 0 aliphatic rings. The van der Waals surface area contributed by atoms with E-state index < -0.39 is 0 Å². The molecule has 0 radical (unpaired) electrons. The number of pyridine rings is 1. The first-order valence-electron chi connectivity index (χ1n) is 5.08. The lowest BCUT2D eigenvalue weighted by atomic mass is 10.1. The highest BCUT2D eigenvalue weighted by Gasteiger charge is 2.04. The van der Waals surface area contributed by atoms with Gasteiger partial charge >= 0.3 is 0 Å². The Morgan fingerprint density at radius 2 is 1.62 bits per heavy atom. The molecule has 3 nitrogen and oxygen atoms in total. The maximum Gasteiger partial charge on any atom is 0.0740 e. The summed E-state index contributed by atoms with van der Waals surface area (Å²) < 4.78 is 0. The Balaban J connectivity index is 2.51.